The van der Waals surface area contributed by atoms with Gasteiger partial charge in [0.1, 0.15) is 5.76 Å². The van der Waals surface area contributed by atoms with E-state index < -0.39 is 11.9 Å². The average molecular weight is 484 g/mol. The molecular weight excluding hydrogens is 454 g/mol. The number of nitrogens with zero attached hydrogens (tertiary/aromatic N) is 2. The molecule has 10 nitrogen and oxygen atoms in total. The number of carboxylic acids is 2. The lowest BCUT2D eigenvalue weighted by molar-refractivity contribution is -0.134. The van der Waals surface area contributed by atoms with Gasteiger partial charge in [0.2, 0.25) is 5.91 Å². The molecule has 0 aliphatic carbocycles. The minimum absolute atomic E-state index is 0.0267. The van der Waals surface area contributed by atoms with Gasteiger partial charge in [0.15, 0.2) is 5.76 Å². The van der Waals surface area contributed by atoms with Crippen molar-refractivity contribution < 1.29 is 33.8 Å². The van der Waals surface area contributed by atoms with Crippen LogP contribution in [0.3, 0.4) is 0 Å². The molecule has 3 N–H and O–H groups in total. The fraction of sp³-hybridized carbons (Fsp3) is 0.360. The molecule has 0 radical (unpaired) electrons. The largest absolute Gasteiger partial charge is 0.478 e. The number of carboxylic acid groups (broad SMARTS) is 2. The Kier molecular flexibility index (Phi) is 8.43. The number of carbonyl (C=O) groups is 4. The molecule has 0 saturated carbocycles. The summed E-state index contributed by atoms with van der Waals surface area (Å²) >= 11 is 0. The van der Waals surface area contributed by atoms with Crippen molar-refractivity contribution in [1.82, 2.24) is 9.80 Å². The number of anilines is 1. The van der Waals surface area contributed by atoms with Crippen molar-refractivity contribution in [2.45, 2.75) is 38.3 Å². The first-order valence-corrected chi connectivity index (χ1v) is 11.3. The SMILES string of the molecule is CC(=O)Nc1ccc(-c2ccc(C(=O)N3CC4CCCC(C3)N4C)o2)cc1.O=C(O)/C=C/C(=O)O. The summed E-state index contributed by atoms with van der Waals surface area (Å²) in [5.41, 5.74) is 1.61. The number of piperidine rings is 1. The van der Waals surface area contributed by atoms with Gasteiger partial charge in [-0.2, -0.15) is 0 Å². The molecule has 2 fully saturated rings. The van der Waals surface area contributed by atoms with Crippen molar-refractivity contribution in [3.8, 4) is 11.3 Å². The first-order valence-electron chi connectivity index (χ1n) is 11.3. The van der Waals surface area contributed by atoms with Crippen LogP contribution in [0.5, 0.6) is 0 Å². The number of likely N-dealkylation sites (tertiary alicyclic amines) is 1. The number of likely N-dealkylation sites (N-methyl/N-ethyl adjacent to an activating group) is 1. The molecule has 2 bridgehead atoms. The molecule has 186 valence electrons. The average Bonchev–Trinajstić information content (AvgIpc) is 3.28. The number of hydrogen-bond donors (Lipinski definition) is 3. The molecule has 0 spiro atoms. The summed E-state index contributed by atoms with van der Waals surface area (Å²) in [6.07, 6.45) is 4.67. The van der Waals surface area contributed by atoms with Gasteiger partial charge in [-0.3, -0.25) is 14.5 Å². The summed E-state index contributed by atoms with van der Waals surface area (Å²) < 4.78 is 5.86. The number of furan rings is 1. The number of nitrogens with one attached hydrogen (secondary N) is 1. The van der Waals surface area contributed by atoms with Crippen LogP contribution in [0.2, 0.25) is 0 Å². The lowest BCUT2D eigenvalue weighted by atomic mass is 9.92. The highest BCUT2D eigenvalue weighted by molar-refractivity contribution is 5.92. The van der Waals surface area contributed by atoms with E-state index in [4.69, 9.17) is 14.6 Å². The third-order valence-electron chi connectivity index (χ3n) is 6.05. The van der Waals surface area contributed by atoms with Crippen LogP contribution in [-0.2, 0) is 14.4 Å². The predicted molar refractivity (Wildman–Crippen MR) is 128 cm³/mol. The van der Waals surface area contributed by atoms with E-state index in [0.717, 1.165) is 37.2 Å². The number of benzene rings is 1. The molecule has 2 unspecified atom stereocenters. The molecule has 2 aliphatic rings. The Morgan fingerprint density at radius 3 is 2.03 bits per heavy atom. The molecule has 4 rings (SSSR count). The summed E-state index contributed by atoms with van der Waals surface area (Å²) in [6, 6.07) is 11.9. The second-order valence-corrected chi connectivity index (χ2v) is 8.55. The van der Waals surface area contributed by atoms with E-state index in [1.54, 1.807) is 6.07 Å². The van der Waals surface area contributed by atoms with Crippen LogP contribution in [0, 0.1) is 0 Å². The number of carbonyl (C=O) groups excluding carboxylic acids is 2. The Bertz CT molecular complexity index is 1080. The quantitative estimate of drug-likeness (QED) is 0.552. The van der Waals surface area contributed by atoms with E-state index in [-0.39, 0.29) is 11.8 Å². The third kappa shape index (κ3) is 7.03. The van der Waals surface area contributed by atoms with Gasteiger partial charge in [0, 0.05) is 55.5 Å². The van der Waals surface area contributed by atoms with E-state index >= 15 is 0 Å². The summed E-state index contributed by atoms with van der Waals surface area (Å²) in [5.74, 6) is -1.60. The Labute approximate surface area is 202 Å². The normalized spacial score (nSPS) is 19.5. The number of amides is 2. The van der Waals surface area contributed by atoms with Crippen molar-refractivity contribution >= 4 is 29.4 Å². The monoisotopic (exact) mass is 483 g/mol. The Morgan fingerprint density at radius 2 is 1.51 bits per heavy atom. The Balaban J connectivity index is 0.000000371. The summed E-state index contributed by atoms with van der Waals surface area (Å²) in [5, 5.41) is 18.4. The minimum Gasteiger partial charge on any atom is -0.478 e. The van der Waals surface area contributed by atoms with Crippen molar-refractivity contribution in [1.29, 1.82) is 0 Å². The molecule has 2 aliphatic heterocycles. The molecule has 1 aromatic heterocycles. The zero-order valence-corrected chi connectivity index (χ0v) is 19.6. The van der Waals surface area contributed by atoms with E-state index in [0.29, 0.717) is 35.8 Å². The van der Waals surface area contributed by atoms with Crippen LogP contribution in [0.25, 0.3) is 11.3 Å². The molecule has 10 heteroatoms. The molecule has 2 atom stereocenters. The Morgan fingerprint density at radius 1 is 0.943 bits per heavy atom. The van der Waals surface area contributed by atoms with Gasteiger partial charge in [-0.05, 0) is 56.3 Å². The van der Waals surface area contributed by atoms with Gasteiger partial charge in [-0.1, -0.05) is 6.42 Å². The summed E-state index contributed by atoms with van der Waals surface area (Å²) in [7, 11) is 2.17. The molecule has 35 heavy (non-hydrogen) atoms. The van der Waals surface area contributed by atoms with Crippen LogP contribution in [0.1, 0.15) is 36.7 Å². The number of hydrogen-bond acceptors (Lipinski definition) is 6. The lowest BCUT2D eigenvalue weighted by Crippen LogP contribution is -2.60. The predicted octanol–water partition coefficient (Wildman–Crippen LogP) is 2.93. The smallest absolute Gasteiger partial charge is 0.328 e. The van der Waals surface area contributed by atoms with Crippen LogP contribution in [0.4, 0.5) is 5.69 Å². The summed E-state index contributed by atoms with van der Waals surface area (Å²) in [4.78, 5) is 47.5. The maximum absolute atomic E-state index is 12.9. The van der Waals surface area contributed by atoms with Gasteiger partial charge in [-0.15, -0.1) is 0 Å². The molecule has 2 amide bonds. The van der Waals surface area contributed by atoms with E-state index in [1.807, 2.05) is 35.2 Å². The van der Waals surface area contributed by atoms with Crippen LogP contribution in [-0.4, -0.2) is 76.0 Å². The molecular formula is C25H29N3O7. The highest BCUT2D eigenvalue weighted by Gasteiger charge is 2.37. The Hall–Kier alpha value is -3.92. The molecule has 1 aromatic carbocycles. The van der Waals surface area contributed by atoms with E-state index in [1.165, 1.54) is 13.3 Å². The lowest BCUT2D eigenvalue weighted by Gasteiger charge is -2.48. The number of rotatable bonds is 5. The second-order valence-electron chi connectivity index (χ2n) is 8.55. The second kappa shape index (κ2) is 11.5. The van der Waals surface area contributed by atoms with Crippen molar-refractivity contribution in [3.05, 3.63) is 54.3 Å². The van der Waals surface area contributed by atoms with Gasteiger partial charge >= 0.3 is 11.9 Å². The zero-order chi connectivity index (χ0) is 25.5. The van der Waals surface area contributed by atoms with Crippen LogP contribution >= 0.6 is 0 Å². The highest BCUT2D eigenvalue weighted by Crippen LogP contribution is 2.29. The third-order valence-corrected chi connectivity index (χ3v) is 6.05. The van der Waals surface area contributed by atoms with E-state index in [9.17, 15) is 19.2 Å². The van der Waals surface area contributed by atoms with Crippen molar-refractivity contribution in [2.75, 3.05) is 25.5 Å². The first kappa shape index (κ1) is 25.7. The number of fused-ring (bicyclic) bond motifs is 2. The van der Waals surface area contributed by atoms with Gasteiger partial charge in [0.05, 0.1) is 0 Å². The first-order chi connectivity index (χ1) is 16.6. The van der Waals surface area contributed by atoms with Crippen molar-refractivity contribution in [2.24, 2.45) is 0 Å². The van der Waals surface area contributed by atoms with Gasteiger partial charge in [-0.25, -0.2) is 9.59 Å². The standard InChI is InChI=1S/C21H25N3O3.C4H4O4/c1-14(25)22-16-8-6-15(7-9-16)19-10-11-20(27-19)21(26)24-12-17-4-3-5-18(13-24)23(17)2;5-3(6)1-2-4(7)8/h6-11,17-18H,3-5,12-13H2,1-2H3,(H,22,25);1-2H,(H,5,6)(H,7,8)/b;2-1+. The van der Waals surface area contributed by atoms with Crippen LogP contribution < -0.4 is 5.32 Å². The topological polar surface area (TPSA) is 140 Å². The zero-order valence-electron chi connectivity index (χ0n) is 19.6. The van der Waals surface area contributed by atoms with Crippen molar-refractivity contribution in [3.63, 3.8) is 0 Å². The number of piperazine rings is 1. The highest BCUT2D eigenvalue weighted by atomic mass is 16.4. The fourth-order valence-corrected chi connectivity index (χ4v) is 4.31. The molecule has 2 saturated heterocycles. The fourth-order valence-electron chi connectivity index (χ4n) is 4.31. The van der Waals surface area contributed by atoms with Gasteiger partial charge in [0.25, 0.3) is 5.91 Å². The van der Waals surface area contributed by atoms with E-state index in [2.05, 4.69) is 17.3 Å². The molecule has 2 aromatic rings. The van der Waals surface area contributed by atoms with Crippen LogP contribution in [0.15, 0.2) is 53.0 Å². The maximum Gasteiger partial charge on any atom is 0.328 e. The minimum atomic E-state index is -1.26. The number of aliphatic carboxylic acids is 2. The maximum atomic E-state index is 12.9. The van der Waals surface area contributed by atoms with Gasteiger partial charge < -0.3 is 24.8 Å². The molecule has 3 heterocycles. The summed E-state index contributed by atoms with van der Waals surface area (Å²) in [6.45, 7) is 3.02.